The van der Waals surface area contributed by atoms with Gasteiger partial charge in [-0.05, 0) is 25.3 Å². The number of nitrogens with one attached hydrogen (secondary N) is 2. The van der Waals surface area contributed by atoms with E-state index in [9.17, 15) is 9.59 Å². The molecule has 0 saturated carbocycles. The molecule has 1 aromatic heterocycles. The molecule has 0 aliphatic heterocycles. The summed E-state index contributed by atoms with van der Waals surface area (Å²) in [5, 5.41) is 14.8. The number of hydrogen-bond acceptors (Lipinski definition) is 5. The van der Waals surface area contributed by atoms with Crippen molar-refractivity contribution < 1.29 is 9.59 Å². The number of nitrogens with zero attached hydrogens (tertiary/aromatic N) is 2. The minimum atomic E-state index is -0.635. The molecule has 26 heavy (non-hydrogen) atoms. The van der Waals surface area contributed by atoms with Gasteiger partial charge in [-0.25, -0.2) is 0 Å². The van der Waals surface area contributed by atoms with Gasteiger partial charge in [0.25, 0.3) is 0 Å². The molecule has 0 unspecified atom stereocenters. The number of hydrogen-bond donors (Lipinski definition) is 2. The van der Waals surface area contributed by atoms with E-state index in [1.54, 1.807) is 0 Å². The minimum absolute atomic E-state index is 0.0564. The number of alkyl halides is 1. The monoisotopic (exact) mass is 394 g/mol. The molecule has 0 radical (unpaired) electrons. The van der Waals surface area contributed by atoms with E-state index in [0.717, 1.165) is 16.1 Å². The summed E-state index contributed by atoms with van der Waals surface area (Å²) < 4.78 is 0. The Labute approximate surface area is 162 Å². The lowest BCUT2D eigenvalue weighted by Crippen LogP contribution is -2.47. The quantitative estimate of drug-likeness (QED) is 0.670. The second kappa shape index (κ2) is 9.64. The molecule has 0 fully saturated rings. The van der Waals surface area contributed by atoms with Crippen molar-refractivity contribution >= 4 is 39.9 Å². The van der Waals surface area contributed by atoms with Crippen LogP contribution in [0.5, 0.6) is 0 Å². The highest BCUT2D eigenvalue weighted by molar-refractivity contribution is 7.18. The fraction of sp³-hybridized carbons (Fsp3) is 0.444. The van der Waals surface area contributed by atoms with Gasteiger partial charge in [0.1, 0.15) is 11.0 Å². The number of aryl methyl sites for hydroxylation is 1. The molecule has 1 aromatic carbocycles. The van der Waals surface area contributed by atoms with Crippen LogP contribution in [-0.2, 0) is 9.59 Å². The molecule has 2 amide bonds. The van der Waals surface area contributed by atoms with Crippen molar-refractivity contribution in [2.45, 2.75) is 39.7 Å². The number of rotatable bonds is 8. The van der Waals surface area contributed by atoms with Crippen molar-refractivity contribution in [3.05, 3.63) is 29.8 Å². The van der Waals surface area contributed by atoms with Crippen LogP contribution in [0.25, 0.3) is 10.6 Å². The fourth-order valence-corrected chi connectivity index (χ4v) is 3.24. The van der Waals surface area contributed by atoms with Gasteiger partial charge in [0.2, 0.25) is 16.9 Å². The molecule has 2 aromatic rings. The highest BCUT2D eigenvalue weighted by Gasteiger charge is 2.25. The van der Waals surface area contributed by atoms with Crippen molar-refractivity contribution in [3.63, 3.8) is 0 Å². The third-order valence-corrected chi connectivity index (χ3v) is 4.88. The van der Waals surface area contributed by atoms with Crippen LogP contribution in [0.1, 0.15) is 32.3 Å². The molecule has 0 aliphatic carbocycles. The van der Waals surface area contributed by atoms with Gasteiger partial charge in [0, 0.05) is 17.9 Å². The van der Waals surface area contributed by atoms with Gasteiger partial charge < -0.3 is 5.32 Å². The maximum absolute atomic E-state index is 12.6. The molecule has 1 atom stereocenters. The van der Waals surface area contributed by atoms with Crippen LogP contribution in [0.4, 0.5) is 5.13 Å². The van der Waals surface area contributed by atoms with Crippen molar-refractivity contribution in [1.82, 2.24) is 15.5 Å². The second-order valence-corrected chi connectivity index (χ2v) is 7.71. The lowest BCUT2D eigenvalue weighted by Gasteiger charge is -2.20. The number of carbonyl (C=O) groups excluding carboxylic acids is 2. The van der Waals surface area contributed by atoms with Gasteiger partial charge in [-0.15, -0.1) is 21.8 Å². The molecule has 8 heteroatoms. The largest absolute Gasteiger partial charge is 0.344 e. The molecule has 0 bridgehead atoms. The topological polar surface area (TPSA) is 84.0 Å². The van der Waals surface area contributed by atoms with Crippen LogP contribution in [0.15, 0.2) is 24.3 Å². The Hall–Kier alpha value is -1.99. The molecular weight excluding hydrogens is 372 g/mol. The zero-order valence-corrected chi connectivity index (χ0v) is 16.7. The average molecular weight is 395 g/mol. The number of aromatic nitrogens is 2. The summed E-state index contributed by atoms with van der Waals surface area (Å²) in [6.45, 7) is 5.77. The van der Waals surface area contributed by atoms with Crippen LogP contribution in [0.2, 0.25) is 0 Å². The van der Waals surface area contributed by atoms with Crippen molar-refractivity contribution in [1.29, 1.82) is 0 Å². The molecule has 2 N–H and O–H groups in total. The number of halogens is 1. The SMILES string of the molecule is Cc1cccc(-c2nnc(NC(=O)[C@@H](NC(=O)CCCCl)C(C)C)s2)c1. The van der Waals surface area contributed by atoms with Crippen molar-refractivity contribution in [2.24, 2.45) is 5.92 Å². The molecular formula is C18H23ClN4O2S. The zero-order valence-electron chi connectivity index (χ0n) is 15.1. The normalized spacial score (nSPS) is 12.0. The van der Waals surface area contributed by atoms with Crippen LogP contribution >= 0.6 is 22.9 Å². The maximum Gasteiger partial charge on any atom is 0.249 e. The van der Waals surface area contributed by atoms with E-state index in [4.69, 9.17) is 11.6 Å². The Morgan fingerprint density at radius 1 is 1.27 bits per heavy atom. The first-order valence-corrected chi connectivity index (χ1v) is 9.82. The highest BCUT2D eigenvalue weighted by Crippen LogP contribution is 2.27. The third kappa shape index (κ3) is 5.78. The number of carbonyl (C=O) groups is 2. The fourth-order valence-electron chi connectivity index (χ4n) is 2.36. The van der Waals surface area contributed by atoms with Crippen LogP contribution < -0.4 is 10.6 Å². The second-order valence-electron chi connectivity index (χ2n) is 6.35. The predicted molar refractivity (Wildman–Crippen MR) is 105 cm³/mol. The van der Waals surface area contributed by atoms with Crippen LogP contribution in [0.3, 0.4) is 0 Å². The van der Waals surface area contributed by atoms with Gasteiger partial charge in [0.05, 0.1) is 0 Å². The van der Waals surface area contributed by atoms with E-state index in [1.165, 1.54) is 11.3 Å². The molecule has 140 valence electrons. The van der Waals surface area contributed by atoms with E-state index in [-0.39, 0.29) is 17.7 Å². The standard InChI is InChI=1S/C18H23ClN4O2S/c1-11(2)15(20-14(24)8-5-9-19)16(25)21-18-23-22-17(26-18)13-7-4-6-12(3)10-13/h4,6-7,10-11,15H,5,8-9H2,1-3H3,(H,20,24)(H,21,23,25)/t15-/m0/s1. The summed E-state index contributed by atoms with van der Waals surface area (Å²) >= 11 is 6.90. The molecule has 2 rings (SSSR count). The first-order valence-electron chi connectivity index (χ1n) is 8.47. The smallest absolute Gasteiger partial charge is 0.249 e. The summed E-state index contributed by atoms with van der Waals surface area (Å²) in [5.41, 5.74) is 2.08. The van der Waals surface area contributed by atoms with Gasteiger partial charge in [-0.3, -0.25) is 14.9 Å². The van der Waals surface area contributed by atoms with E-state index >= 15 is 0 Å². The van der Waals surface area contributed by atoms with E-state index in [2.05, 4.69) is 20.8 Å². The lowest BCUT2D eigenvalue weighted by atomic mass is 10.0. The molecule has 0 aliphatic rings. The van der Waals surface area contributed by atoms with Crippen LogP contribution in [0, 0.1) is 12.8 Å². The Morgan fingerprint density at radius 2 is 2.04 bits per heavy atom. The van der Waals surface area contributed by atoms with E-state index in [0.29, 0.717) is 23.9 Å². The minimum Gasteiger partial charge on any atom is -0.344 e. The first-order chi connectivity index (χ1) is 12.4. The summed E-state index contributed by atoms with van der Waals surface area (Å²) in [6.07, 6.45) is 0.881. The third-order valence-electron chi connectivity index (χ3n) is 3.72. The molecule has 0 saturated heterocycles. The Bertz CT molecular complexity index is 763. The molecule has 1 heterocycles. The van der Waals surface area contributed by atoms with Gasteiger partial charge in [-0.1, -0.05) is 48.9 Å². The van der Waals surface area contributed by atoms with Gasteiger partial charge >= 0.3 is 0 Å². The number of benzene rings is 1. The molecule has 0 spiro atoms. The van der Waals surface area contributed by atoms with Crippen molar-refractivity contribution in [2.75, 3.05) is 11.2 Å². The molecule has 6 nitrogen and oxygen atoms in total. The predicted octanol–water partition coefficient (Wildman–Crippen LogP) is 3.61. The van der Waals surface area contributed by atoms with Crippen molar-refractivity contribution in [3.8, 4) is 10.6 Å². The number of amides is 2. The maximum atomic E-state index is 12.6. The van der Waals surface area contributed by atoms with Gasteiger partial charge in [0.15, 0.2) is 0 Å². The Balaban J connectivity index is 2.04. The van der Waals surface area contributed by atoms with E-state index < -0.39 is 6.04 Å². The lowest BCUT2D eigenvalue weighted by molar-refractivity contribution is -0.127. The first kappa shape index (κ1) is 20.3. The zero-order chi connectivity index (χ0) is 19.1. The average Bonchev–Trinajstić information content (AvgIpc) is 3.06. The highest BCUT2D eigenvalue weighted by atomic mass is 35.5. The Morgan fingerprint density at radius 3 is 2.69 bits per heavy atom. The number of anilines is 1. The Kier molecular flexibility index (Phi) is 7.53. The van der Waals surface area contributed by atoms with E-state index in [1.807, 2.05) is 45.0 Å². The van der Waals surface area contributed by atoms with Gasteiger partial charge in [-0.2, -0.15) is 0 Å². The summed E-state index contributed by atoms with van der Waals surface area (Å²) in [5.74, 6) is -0.124. The summed E-state index contributed by atoms with van der Waals surface area (Å²) in [6, 6.07) is 7.29. The summed E-state index contributed by atoms with van der Waals surface area (Å²) in [7, 11) is 0. The summed E-state index contributed by atoms with van der Waals surface area (Å²) in [4.78, 5) is 24.5. The van der Waals surface area contributed by atoms with Crippen LogP contribution in [-0.4, -0.2) is 33.9 Å².